The summed E-state index contributed by atoms with van der Waals surface area (Å²) in [5.74, 6) is 0.294. The molecule has 3 rings (SSSR count). The Kier molecular flexibility index (Phi) is 5.49. The number of thioether (sulfide) groups is 1. The molecule has 0 aliphatic carbocycles. The fourth-order valence-corrected chi connectivity index (χ4v) is 3.74. The molecule has 0 atom stereocenters. The van der Waals surface area contributed by atoms with Crippen molar-refractivity contribution in [3.63, 3.8) is 0 Å². The molecule has 0 fully saturated rings. The normalized spacial score (nSPS) is 12.0. The van der Waals surface area contributed by atoms with Gasteiger partial charge < -0.3 is 9.15 Å². The van der Waals surface area contributed by atoms with Crippen molar-refractivity contribution in [2.75, 3.05) is 26.5 Å². The van der Waals surface area contributed by atoms with E-state index in [1.807, 2.05) is 0 Å². The maximum atomic E-state index is 13.5. The Balaban J connectivity index is 1.65. The Bertz CT molecular complexity index is 1020. The lowest BCUT2D eigenvalue weighted by atomic mass is 10.3. The highest BCUT2D eigenvalue weighted by molar-refractivity contribution is 7.99. The van der Waals surface area contributed by atoms with Crippen molar-refractivity contribution in [1.29, 1.82) is 0 Å². The molecular weight excluding hydrogens is 379 g/mol. The molecule has 26 heavy (non-hydrogen) atoms. The maximum absolute atomic E-state index is 13.5. The van der Waals surface area contributed by atoms with Gasteiger partial charge in [-0.05, 0) is 30.3 Å². The largest absolute Gasteiger partial charge is 0.490 e. The summed E-state index contributed by atoms with van der Waals surface area (Å²) < 4.78 is 49.9. The minimum absolute atomic E-state index is 0.155. The predicted octanol–water partition coefficient (Wildman–Crippen LogP) is 3.39. The van der Waals surface area contributed by atoms with Crippen LogP contribution in [-0.4, -0.2) is 44.2 Å². The second-order valence-electron chi connectivity index (χ2n) is 5.52. The summed E-state index contributed by atoms with van der Waals surface area (Å²) in [5, 5.41) is 0.400. The van der Waals surface area contributed by atoms with E-state index in [0.29, 0.717) is 22.1 Å². The number of halogens is 1. The van der Waals surface area contributed by atoms with Gasteiger partial charge in [0.05, 0.1) is 11.5 Å². The molecule has 1 heterocycles. The molecule has 6 nitrogen and oxygen atoms in total. The van der Waals surface area contributed by atoms with Gasteiger partial charge in [-0.3, -0.25) is 0 Å². The van der Waals surface area contributed by atoms with E-state index in [1.54, 1.807) is 24.3 Å². The molecule has 3 aromatic rings. The number of hydrogen-bond donors (Lipinski definition) is 0. The molecular formula is C17H17FN2O4S2. The van der Waals surface area contributed by atoms with Crippen LogP contribution in [0.25, 0.3) is 11.1 Å². The third-order valence-electron chi connectivity index (χ3n) is 3.52. The number of oxazole rings is 1. The van der Waals surface area contributed by atoms with Crippen molar-refractivity contribution in [3.8, 4) is 5.75 Å². The van der Waals surface area contributed by atoms with Gasteiger partial charge in [0.25, 0.3) is 5.22 Å². The number of fused-ring (bicyclic) bond motifs is 1. The Labute approximate surface area is 155 Å². The summed E-state index contributed by atoms with van der Waals surface area (Å²) in [6.45, 7) is 0.282. The molecule has 0 N–H and O–H groups in total. The van der Waals surface area contributed by atoms with Crippen LogP contribution in [0, 0.1) is 5.82 Å². The van der Waals surface area contributed by atoms with Crippen LogP contribution in [0.3, 0.4) is 0 Å². The summed E-state index contributed by atoms with van der Waals surface area (Å²) in [6, 6.07) is 10.7. The first-order valence-corrected chi connectivity index (χ1v) is 10.1. The molecule has 0 saturated carbocycles. The molecule has 9 heteroatoms. The van der Waals surface area contributed by atoms with E-state index in [0.717, 1.165) is 4.31 Å². The van der Waals surface area contributed by atoms with Gasteiger partial charge in [-0.2, -0.15) is 0 Å². The summed E-state index contributed by atoms with van der Waals surface area (Å²) in [6.07, 6.45) is 0. The molecule has 138 valence electrons. The van der Waals surface area contributed by atoms with Crippen molar-refractivity contribution in [2.45, 2.75) is 10.1 Å². The summed E-state index contributed by atoms with van der Waals surface area (Å²) in [5.41, 5.74) is 0.964. The van der Waals surface area contributed by atoms with Gasteiger partial charge >= 0.3 is 0 Å². The second-order valence-corrected chi connectivity index (χ2v) is 8.72. The van der Waals surface area contributed by atoms with E-state index in [9.17, 15) is 12.8 Å². The first kappa shape index (κ1) is 18.7. The van der Waals surface area contributed by atoms with Gasteiger partial charge in [0.2, 0.25) is 10.0 Å². The van der Waals surface area contributed by atoms with Crippen LogP contribution < -0.4 is 4.74 Å². The van der Waals surface area contributed by atoms with Crippen molar-refractivity contribution in [1.82, 2.24) is 9.29 Å². The number of sulfonamides is 1. The molecule has 0 spiro atoms. The van der Waals surface area contributed by atoms with E-state index < -0.39 is 15.8 Å². The van der Waals surface area contributed by atoms with E-state index in [-0.39, 0.29) is 17.3 Å². The highest BCUT2D eigenvalue weighted by Crippen LogP contribution is 2.26. The van der Waals surface area contributed by atoms with Gasteiger partial charge in [-0.25, -0.2) is 22.1 Å². The molecule has 0 aliphatic rings. The van der Waals surface area contributed by atoms with E-state index in [2.05, 4.69) is 4.98 Å². The molecule has 0 bridgehead atoms. The average molecular weight is 396 g/mol. The number of rotatable bonds is 7. The first-order valence-electron chi connectivity index (χ1n) is 7.71. The van der Waals surface area contributed by atoms with E-state index in [1.165, 1.54) is 44.1 Å². The number of nitrogens with zero attached hydrogens (tertiary/aromatic N) is 2. The van der Waals surface area contributed by atoms with Crippen LogP contribution in [0.5, 0.6) is 5.75 Å². The summed E-state index contributed by atoms with van der Waals surface area (Å²) in [4.78, 5) is 4.45. The van der Waals surface area contributed by atoms with E-state index >= 15 is 0 Å². The Morgan fingerprint density at radius 2 is 2.00 bits per heavy atom. The standard InChI is InChI=1S/C17H17FN2O4S2/c1-20(2)26(21,22)12-7-8-16-14(11-12)19-17(24-16)25-10-9-23-15-6-4-3-5-13(15)18/h3-8,11H,9-10H2,1-2H3. The summed E-state index contributed by atoms with van der Waals surface area (Å²) in [7, 11) is -0.583. The smallest absolute Gasteiger partial charge is 0.256 e. The lowest BCUT2D eigenvalue weighted by molar-refractivity contribution is 0.324. The lowest BCUT2D eigenvalue weighted by Gasteiger charge is -2.10. The zero-order valence-corrected chi connectivity index (χ0v) is 15.8. The van der Waals surface area contributed by atoms with Crippen LogP contribution in [0.2, 0.25) is 0 Å². The minimum atomic E-state index is -3.53. The molecule has 0 radical (unpaired) electrons. The Morgan fingerprint density at radius 3 is 2.73 bits per heavy atom. The summed E-state index contributed by atoms with van der Waals surface area (Å²) >= 11 is 1.31. The highest BCUT2D eigenvalue weighted by Gasteiger charge is 2.19. The molecule has 1 aromatic heterocycles. The lowest BCUT2D eigenvalue weighted by Crippen LogP contribution is -2.22. The van der Waals surface area contributed by atoms with Crippen molar-refractivity contribution >= 4 is 32.9 Å². The molecule has 0 unspecified atom stereocenters. The van der Waals surface area contributed by atoms with Crippen molar-refractivity contribution in [2.24, 2.45) is 0 Å². The molecule has 0 amide bonds. The molecule has 0 aliphatic heterocycles. The fourth-order valence-electron chi connectivity index (χ4n) is 2.16. The number of aromatic nitrogens is 1. The molecule has 2 aromatic carbocycles. The molecule has 0 saturated heterocycles. The number of hydrogen-bond acceptors (Lipinski definition) is 6. The topological polar surface area (TPSA) is 72.6 Å². The SMILES string of the molecule is CN(C)S(=O)(=O)c1ccc2oc(SCCOc3ccccc3F)nc2c1. The predicted molar refractivity (Wildman–Crippen MR) is 97.5 cm³/mol. The third kappa shape index (κ3) is 4.00. The van der Waals surface area contributed by atoms with Crippen LogP contribution in [-0.2, 0) is 10.0 Å². The van der Waals surface area contributed by atoms with Crippen LogP contribution in [0.4, 0.5) is 4.39 Å². The zero-order valence-electron chi connectivity index (χ0n) is 14.2. The van der Waals surface area contributed by atoms with Gasteiger partial charge in [0, 0.05) is 19.8 Å². The number of ether oxygens (including phenoxy) is 1. The van der Waals surface area contributed by atoms with E-state index in [4.69, 9.17) is 9.15 Å². The van der Waals surface area contributed by atoms with Crippen molar-refractivity contribution < 1.29 is 22.0 Å². The zero-order chi connectivity index (χ0) is 18.7. The minimum Gasteiger partial charge on any atom is -0.490 e. The average Bonchev–Trinajstić information content (AvgIpc) is 3.02. The Morgan fingerprint density at radius 1 is 1.23 bits per heavy atom. The number of para-hydroxylation sites is 1. The van der Waals surface area contributed by atoms with Crippen LogP contribution in [0.15, 0.2) is 57.0 Å². The quantitative estimate of drug-likeness (QED) is 0.450. The fraction of sp³-hybridized carbons (Fsp3) is 0.235. The van der Waals surface area contributed by atoms with Gasteiger partial charge in [0.1, 0.15) is 5.52 Å². The monoisotopic (exact) mass is 396 g/mol. The highest BCUT2D eigenvalue weighted by atomic mass is 32.2. The second kappa shape index (κ2) is 7.65. The number of benzene rings is 2. The third-order valence-corrected chi connectivity index (χ3v) is 6.12. The van der Waals surface area contributed by atoms with Crippen molar-refractivity contribution in [3.05, 3.63) is 48.3 Å². The first-order chi connectivity index (χ1) is 12.4. The Hall–Kier alpha value is -2.10. The maximum Gasteiger partial charge on any atom is 0.256 e. The van der Waals surface area contributed by atoms with Gasteiger partial charge in [-0.15, -0.1) is 0 Å². The van der Waals surface area contributed by atoms with Crippen LogP contribution >= 0.6 is 11.8 Å². The van der Waals surface area contributed by atoms with Gasteiger partial charge in [-0.1, -0.05) is 23.9 Å². The van der Waals surface area contributed by atoms with Crippen LogP contribution in [0.1, 0.15) is 0 Å². The van der Waals surface area contributed by atoms with Gasteiger partial charge in [0.15, 0.2) is 17.1 Å².